The highest BCUT2D eigenvalue weighted by Gasteiger charge is 2.27. The Hall–Kier alpha value is -0.750. The highest BCUT2D eigenvalue weighted by molar-refractivity contribution is 8.00. The number of rotatable bonds is 5. The zero-order valence-corrected chi connectivity index (χ0v) is 9.66. The summed E-state index contributed by atoms with van der Waals surface area (Å²) in [6, 6.07) is 3.79. The molecule has 1 aromatic heterocycles. The first-order valence-electron chi connectivity index (χ1n) is 4.80. The Balaban J connectivity index is 2.14. The fourth-order valence-corrected chi connectivity index (χ4v) is 1.55. The van der Waals surface area contributed by atoms with E-state index in [2.05, 4.69) is 10.3 Å². The second-order valence-electron chi connectivity index (χ2n) is 3.28. The number of pyridine rings is 1. The van der Waals surface area contributed by atoms with E-state index in [1.165, 1.54) is 0 Å². The van der Waals surface area contributed by atoms with Crippen molar-refractivity contribution < 1.29 is 13.2 Å². The maximum Gasteiger partial charge on any atom is 0.441 e. The Bertz CT molecular complexity index is 311. The van der Waals surface area contributed by atoms with Crippen LogP contribution in [0.2, 0.25) is 0 Å². The van der Waals surface area contributed by atoms with Crippen LogP contribution in [-0.2, 0) is 6.54 Å². The molecule has 0 fully saturated rings. The number of nitrogens with zero attached hydrogens (tertiary/aromatic N) is 1. The van der Waals surface area contributed by atoms with E-state index in [9.17, 15) is 13.2 Å². The van der Waals surface area contributed by atoms with Crippen LogP contribution in [0.15, 0.2) is 18.3 Å². The Morgan fingerprint density at radius 2 is 2.12 bits per heavy atom. The van der Waals surface area contributed by atoms with Crippen molar-refractivity contribution in [3.63, 3.8) is 0 Å². The number of alkyl halides is 3. The lowest BCUT2D eigenvalue weighted by molar-refractivity contribution is -0.0327. The zero-order chi connectivity index (χ0) is 12.0. The molecule has 1 rings (SSSR count). The van der Waals surface area contributed by atoms with Crippen LogP contribution in [0.25, 0.3) is 0 Å². The van der Waals surface area contributed by atoms with Crippen molar-refractivity contribution in [2.75, 3.05) is 12.3 Å². The van der Waals surface area contributed by atoms with E-state index in [1.54, 1.807) is 6.20 Å². The lowest BCUT2D eigenvalue weighted by Gasteiger charge is -2.06. The summed E-state index contributed by atoms with van der Waals surface area (Å²) in [4.78, 5) is 4.09. The normalized spacial score (nSPS) is 11.8. The summed E-state index contributed by atoms with van der Waals surface area (Å²) in [5, 5.41) is 2.93. The Labute approximate surface area is 96.6 Å². The molecule has 0 spiro atoms. The molecule has 0 saturated heterocycles. The molecule has 0 saturated carbocycles. The van der Waals surface area contributed by atoms with Crippen molar-refractivity contribution in [2.45, 2.75) is 19.0 Å². The Kier molecular flexibility index (Phi) is 5.08. The molecular weight excluding hydrogens is 237 g/mol. The Morgan fingerprint density at radius 3 is 2.69 bits per heavy atom. The zero-order valence-electron chi connectivity index (χ0n) is 8.84. The molecular formula is C10H13F3N2S. The summed E-state index contributed by atoms with van der Waals surface area (Å²) in [7, 11) is 0. The molecule has 6 heteroatoms. The molecule has 16 heavy (non-hydrogen) atoms. The van der Waals surface area contributed by atoms with E-state index in [0.717, 1.165) is 11.3 Å². The minimum Gasteiger partial charge on any atom is -0.312 e. The smallest absolute Gasteiger partial charge is 0.312 e. The third-order valence-electron chi connectivity index (χ3n) is 1.85. The van der Waals surface area contributed by atoms with E-state index in [0.29, 0.717) is 13.1 Å². The third-order valence-corrected chi connectivity index (χ3v) is 2.58. The number of nitrogens with one attached hydrogen (secondary N) is 1. The SMILES string of the molecule is Cc1ccc(CNCCSC(F)(F)F)cn1. The van der Waals surface area contributed by atoms with Gasteiger partial charge in [-0.05, 0) is 30.3 Å². The molecule has 0 atom stereocenters. The highest BCUT2D eigenvalue weighted by atomic mass is 32.2. The van der Waals surface area contributed by atoms with Gasteiger partial charge in [-0.2, -0.15) is 13.2 Å². The van der Waals surface area contributed by atoms with Crippen molar-refractivity contribution in [1.29, 1.82) is 0 Å². The second kappa shape index (κ2) is 6.10. The van der Waals surface area contributed by atoms with Gasteiger partial charge in [0.25, 0.3) is 0 Å². The van der Waals surface area contributed by atoms with E-state index in [1.807, 2.05) is 19.1 Å². The van der Waals surface area contributed by atoms with Crippen LogP contribution < -0.4 is 5.32 Å². The molecule has 0 radical (unpaired) electrons. The van der Waals surface area contributed by atoms with Gasteiger partial charge in [-0.25, -0.2) is 0 Å². The molecule has 1 N–H and O–H groups in total. The quantitative estimate of drug-likeness (QED) is 0.813. The number of hydrogen-bond donors (Lipinski definition) is 1. The standard InChI is InChI=1S/C10H13F3N2S/c1-8-2-3-9(7-15-8)6-14-4-5-16-10(11,12)13/h2-3,7,14H,4-6H2,1H3. The topological polar surface area (TPSA) is 24.9 Å². The lowest BCUT2D eigenvalue weighted by Crippen LogP contribution is -2.18. The summed E-state index contributed by atoms with van der Waals surface area (Å²) in [6.45, 7) is 2.76. The van der Waals surface area contributed by atoms with Crippen molar-refractivity contribution >= 4 is 11.8 Å². The Morgan fingerprint density at radius 1 is 1.38 bits per heavy atom. The first-order valence-corrected chi connectivity index (χ1v) is 5.79. The molecule has 90 valence electrons. The van der Waals surface area contributed by atoms with Crippen LogP contribution >= 0.6 is 11.8 Å². The molecule has 0 aromatic carbocycles. The minimum absolute atomic E-state index is 0.00697. The van der Waals surface area contributed by atoms with Gasteiger partial charge in [0.2, 0.25) is 0 Å². The predicted octanol–water partition coefficient (Wildman–Crippen LogP) is 2.73. The van der Waals surface area contributed by atoms with Gasteiger partial charge < -0.3 is 5.32 Å². The third kappa shape index (κ3) is 5.97. The monoisotopic (exact) mass is 250 g/mol. The molecule has 0 bridgehead atoms. The van der Waals surface area contributed by atoms with Crippen LogP contribution in [0.1, 0.15) is 11.3 Å². The highest BCUT2D eigenvalue weighted by Crippen LogP contribution is 2.29. The molecule has 1 aromatic rings. The molecule has 0 unspecified atom stereocenters. The van der Waals surface area contributed by atoms with Crippen molar-refractivity contribution in [3.8, 4) is 0 Å². The fourth-order valence-electron chi connectivity index (χ4n) is 1.07. The van der Waals surface area contributed by atoms with Gasteiger partial charge in [0.05, 0.1) is 0 Å². The maximum absolute atomic E-state index is 11.8. The van der Waals surface area contributed by atoms with Gasteiger partial charge >= 0.3 is 5.51 Å². The van der Waals surface area contributed by atoms with Crippen LogP contribution in [0, 0.1) is 6.92 Å². The number of aryl methyl sites for hydroxylation is 1. The molecule has 1 heterocycles. The molecule has 0 aliphatic heterocycles. The van der Waals surface area contributed by atoms with Gasteiger partial charge in [-0.15, -0.1) is 0 Å². The lowest BCUT2D eigenvalue weighted by atomic mass is 10.2. The number of hydrogen-bond acceptors (Lipinski definition) is 3. The van der Waals surface area contributed by atoms with Crippen LogP contribution in [-0.4, -0.2) is 22.8 Å². The number of thioether (sulfide) groups is 1. The van der Waals surface area contributed by atoms with Gasteiger partial charge in [-0.1, -0.05) is 6.07 Å². The molecule has 2 nitrogen and oxygen atoms in total. The van der Waals surface area contributed by atoms with Crippen LogP contribution in [0.5, 0.6) is 0 Å². The van der Waals surface area contributed by atoms with Gasteiger partial charge in [-0.3, -0.25) is 4.98 Å². The van der Waals surface area contributed by atoms with Crippen LogP contribution in [0.3, 0.4) is 0 Å². The van der Waals surface area contributed by atoms with E-state index in [4.69, 9.17) is 0 Å². The summed E-state index contributed by atoms with van der Waals surface area (Å²) >= 11 is -0.00697. The second-order valence-corrected chi connectivity index (χ2v) is 4.44. The predicted molar refractivity (Wildman–Crippen MR) is 59.2 cm³/mol. The van der Waals surface area contributed by atoms with E-state index in [-0.39, 0.29) is 17.5 Å². The number of aromatic nitrogens is 1. The van der Waals surface area contributed by atoms with Crippen molar-refractivity contribution in [3.05, 3.63) is 29.6 Å². The molecule has 0 aliphatic carbocycles. The average molecular weight is 250 g/mol. The molecule has 0 amide bonds. The summed E-state index contributed by atoms with van der Waals surface area (Å²) < 4.78 is 35.3. The fraction of sp³-hybridized carbons (Fsp3) is 0.500. The van der Waals surface area contributed by atoms with Gasteiger partial charge in [0.1, 0.15) is 0 Å². The summed E-state index contributed by atoms with van der Waals surface area (Å²) in [5.74, 6) is 0.0305. The summed E-state index contributed by atoms with van der Waals surface area (Å²) in [6.07, 6.45) is 1.72. The maximum atomic E-state index is 11.8. The van der Waals surface area contributed by atoms with Crippen LogP contribution in [0.4, 0.5) is 13.2 Å². The molecule has 0 aliphatic rings. The van der Waals surface area contributed by atoms with Gasteiger partial charge in [0.15, 0.2) is 0 Å². The average Bonchev–Trinajstić information content (AvgIpc) is 2.19. The van der Waals surface area contributed by atoms with Crippen molar-refractivity contribution in [1.82, 2.24) is 10.3 Å². The van der Waals surface area contributed by atoms with E-state index < -0.39 is 5.51 Å². The van der Waals surface area contributed by atoms with Gasteiger partial charge in [0, 0.05) is 30.7 Å². The summed E-state index contributed by atoms with van der Waals surface area (Å²) in [5.41, 5.74) is -2.23. The first-order chi connectivity index (χ1) is 7.47. The van der Waals surface area contributed by atoms with E-state index >= 15 is 0 Å². The minimum atomic E-state index is -4.13. The number of halogens is 3. The van der Waals surface area contributed by atoms with Crippen molar-refractivity contribution in [2.24, 2.45) is 0 Å². The first kappa shape index (κ1) is 13.3. The largest absolute Gasteiger partial charge is 0.441 e.